The maximum absolute atomic E-state index is 10.0. The summed E-state index contributed by atoms with van der Waals surface area (Å²) in [6.45, 7) is -0.357. The largest absolute Gasteiger partial charge is 0.394 e. The molecule has 3 heterocycles. The first-order valence-corrected chi connectivity index (χ1v) is 6.39. The van der Waals surface area contributed by atoms with Crippen LogP contribution in [0.1, 0.15) is 18.0 Å². The lowest BCUT2D eigenvalue weighted by molar-refractivity contribution is -0.0518. The van der Waals surface area contributed by atoms with Crippen LogP contribution in [0.3, 0.4) is 0 Å². The van der Waals surface area contributed by atoms with E-state index in [0.29, 0.717) is 5.82 Å². The average Bonchev–Trinajstić information content (AvgIpc) is 2.98. The smallest absolute Gasteiger partial charge is 0.164 e. The van der Waals surface area contributed by atoms with Gasteiger partial charge in [-0.3, -0.25) is 0 Å². The Kier molecular flexibility index (Phi) is 3.27. The van der Waals surface area contributed by atoms with Gasteiger partial charge in [0.05, 0.1) is 12.9 Å². The van der Waals surface area contributed by atoms with Gasteiger partial charge in [0.15, 0.2) is 6.23 Å². The van der Waals surface area contributed by atoms with Crippen LogP contribution in [0.25, 0.3) is 0 Å². The highest BCUT2D eigenvalue weighted by Gasteiger charge is 2.44. The van der Waals surface area contributed by atoms with Crippen LogP contribution < -0.4 is 5.73 Å². The summed E-state index contributed by atoms with van der Waals surface area (Å²) >= 11 is 0. The van der Waals surface area contributed by atoms with Crippen molar-refractivity contribution < 1.29 is 20.1 Å². The summed E-state index contributed by atoms with van der Waals surface area (Å²) in [6.07, 6.45) is -0.871. The van der Waals surface area contributed by atoms with Crippen LogP contribution in [-0.4, -0.2) is 63.1 Å². The second-order valence-electron chi connectivity index (χ2n) is 5.09. The van der Waals surface area contributed by atoms with Gasteiger partial charge in [-0.25, -0.2) is 4.99 Å². The fraction of sp³-hybridized carbons (Fsp3) is 0.583. The molecule has 20 heavy (non-hydrogen) atoms. The van der Waals surface area contributed by atoms with E-state index in [9.17, 15) is 10.2 Å². The normalized spacial score (nSPS) is 36.5. The molecule has 0 aliphatic carbocycles. The van der Waals surface area contributed by atoms with Crippen LogP contribution in [0.15, 0.2) is 17.3 Å². The van der Waals surface area contributed by atoms with Crippen molar-refractivity contribution in [3.8, 4) is 0 Å². The molecule has 1 aromatic heterocycles. The standard InChI is InChI=1S/C12H18N4O4/c1-15-5-14-11-6(10(15)13)2-3-16(11)12-9(19)8(18)7(4-17)20-12/h2-3,5,7-10,12,17-19H,4,13H2,1H3. The van der Waals surface area contributed by atoms with E-state index >= 15 is 0 Å². The van der Waals surface area contributed by atoms with E-state index < -0.39 is 24.5 Å². The maximum atomic E-state index is 10.0. The Labute approximate surface area is 115 Å². The number of aromatic nitrogens is 1. The SMILES string of the molecule is CN1C=Nc2c(ccn2C2OC(CO)C(O)C2O)C1N. The Hall–Kier alpha value is -1.45. The summed E-state index contributed by atoms with van der Waals surface area (Å²) in [5, 5.41) is 29.0. The number of hydrogen-bond acceptors (Lipinski definition) is 7. The molecule has 2 aliphatic heterocycles. The number of rotatable bonds is 2. The second kappa shape index (κ2) is 4.83. The molecule has 1 aromatic rings. The zero-order chi connectivity index (χ0) is 14.4. The van der Waals surface area contributed by atoms with Gasteiger partial charge in [-0.15, -0.1) is 0 Å². The number of aliphatic hydroxyl groups excluding tert-OH is 3. The van der Waals surface area contributed by atoms with Crippen molar-refractivity contribution in [2.45, 2.75) is 30.7 Å². The Morgan fingerprint density at radius 1 is 1.40 bits per heavy atom. The summed E-state index contributed by atoms with van der Waals surface area (Å²) in [7, 11) is 1.82. The van der Waals surface area contributed by atoms with Crippen molar-refractivity contribution >= 4 is 12.2 Å². The van der Waals surface area contributed by atoms with Crippen molar-refractivity contribution in [3.63, 3.8) is 0 Å². The molecule has 0 saturated carbocycles. The second-order valence-corrected chi connectivity index (χ2v) is 5.09. The van der Waals surface area contributed by atoms with Crippen molar-refractivity contribution in [3.05, 3.63) is 17.8 Å². The fourth-order valence-corrected chi connectivity index (χ4v) is 2.58. The van der Waals surface area contributed by atoms with Gasteiger partial charge in [0, 0.05) is 18.8 Å². The third kappa shape index (κ3) is 1.85. The highest BCUT2D eigenvalue weighted by atomic mass is 16.6. The number of aliphatic hydroxyl groups is 3. The van der Waals surface area contributed by atoms with Crippen molar-refractivity contribution in [1.82, 2.24) is 9.47 Å². The highest BCUT2D eigenvalue weighted by Crippen LogP contribution is 2.37. The predicted molar refractivity (Wildman–Crippen MR) is 70.3 cm³/mol. The van der Waals surface area contributed by atoms with Gasteiger partial charge in [-0.05, 0) is 6.07 Å². The fourth-order valence-electron chi connectivity index (χ4n) is 2.58. The number of nitrogens with two attached hydrogens (primary N) is 1. The van der Waals surface area contributed by atoms with E-state index in [1.54, 1.807) is 22.0 Å². The highest BCUT2D eigenvalue weighted by molar-refractivity contribution is 5.66. The van der Waals surface area contributed by atoms with E-state index in [4.69, 9.17) is 15.6 Å². The molecule has 110 valence electrons. The molecule has 5 unspecified atom stereocenters. The minimum absolute atomic E-state index is 0.319. The molecule has 8 nitrogen and oxygen atoms in total. The van der Waals surface area contributed by atoms with Crippen molar-refractivity contribution in [2.24, 2.45) is 10.7 Å². The lowest BCUT2D eigenvalue weighted by Gasteiger charge is -2.27. The zero-order valence-electron chi connectivity index (χ0n) is 11.0. The van der Waals surface area contributed by atoms with Crippen LogP contribution in [-0.2, 0) is 4.74 Å². The first-order chi connectivity index (χ1) is 9.54. The van der Waals surface area contributed by atoms with E-state index in [1.165, 1.54) is 0 Å². The molecule has 0 radical (unpaired) electrons. The first kappa shape index (κ1) is 13.5. The van der Waals surface area contributed by atoms with Gasteiger partial charge in [-0.1, -0.05) is 0 Å². The monoisotopic (exact) mass is 282 g/mol. The molecule has 0 aromatic carbocycles. The number of nitrogens with zero attached hydrogens (tertiary/aromatic N) is 3. The molecule has 3 rings (SSSR count). The minimum Gasteiger partial charge on any atom is -0.394 e. The predicted octanol–water partition coefficient (Wildman–Crippen LogP) is -1.34. The van der Waals surface area contributed by atoms with Gasteiger partial charge in [0.2, 0.25) is 0 Å². The molecular weight excluding hydrogens is 264 g/mol. The molecule has 1 saturated heterocycles. The van der Waals surface area contributed by atoms with E-state index in [-0.39, 0.29) is 12.8 Å². The van der Waals surface area contributed by atoms with Gasteiger partial charge in [0.1, 0.15) is 30.3 Å². The van der Waals surface area contributed by atoms with Crippen LogP contribution in [0.2, 0.25) is 0 Å². The Morgan fingerprint density at radius 3 is 2.80 bits per heavy atom. The molecule has 0 bridgehead atoms. The number of fused-ring (bicyclic) bond motifs is 1. The van der Waals surface area contributed by atoms with Gasteiger partial charge >= 0.3 is 0 Å². The number of hydrogen-bond donors (Lipinski definition) is 4. The van der Waals surface area contributed by atoms with Gasteiger partial charge in [0.25, 0.3) is 0 Å². The van der Waals surface area contributed by atoms with E-state index in [0.717, 1.165) is 5.56 Å². The van der Waals surface area contributed by atoms with Crippen molar-refractivity contribution in [1.29, 1.82) is 0 Å². The summed E-state index contributed by atoms with van der Waals surface area (Å²) in [6, 6.07) is 1.81. The van der Waals surface area contributed by atoms with E-state index in [2.05, 4.69) is 4.99 Å². The quantitative estimate of drug-likeness (QED) is 0.533. The number of aliphatic imine (C=N–C) groups is 1. The lowest BCUT2D eigenvalue weighted by Crippen LogP contribution is -2.33. The van der Waals surface area contributed by atoms with Crippen LogP contribution in [0.4, 0.5) is 5.82 Å². The van der Waals surface area contributed by atoms with E-state index in [1.807, 2.05) is 13.1 Å². The number of ether oxygens (including phenoxy) is 1. The maximum Gasteiger partial charge on any atom is 0.164 e. The first-order valence-electron chi connectivity index (χ1n) is 6.39. The molecule has 5 N–H and O–H groups in total. The molecule has 1 fully saturated rings. The molecule has 8 heteroatoms. The summed E-state index contributed by atoms with van der Waals surface area (Å²) in [4.78, 5) is 6.06. The van der Waals surface area contributed by atoms with Crippen LogP contribution >= 0.6 is 0 Å². The zero-order valence-corrected chi connectivity index (χ0v) is 11.0. The third-order valence-corrected chi connectivity index (χ3v) is 3.83. The van der Waals surface area contributed by atoms with Crippen molar-refractivity contribution in [2.75, 3.05) is 13.7 Å². The van der Waals surface area contributed by atoms with Gasteiger partial charge in [-0.2, -0.15) is 0 Å². The van der Waals surface area contributed by atoms with Crippen LogP contribution in [0, 0.1) is 0 Å². The van der Waals surface area contributed by atoms with Gasteiger partial charge < -0.3 is 35.3 Å². The average molecular weight is 282 g/mol. The molecule has 0 spiro atoms. The summed E-state index contributed by atoms with van der Waals surface area (Å²) in [5.74, 6) is 0.588. The summed E-state index contributed by atoms with van der Waals surface area (Å²) < 4.78 is 7.12. The topological polar surface area (TPSA) is 116 Å². The molecule has 2 aliphatic rings. The van der Waals surface area contributed by atoms with Crippen LogP contribution in [0.5, 0.6) is 0 Å². The minimum atomic E-state index is -1.13. The Balaban J connectivity index is 1.95. The lowest BCUT2D eigenvalue weighted by atomic mass is 10.1. The molecular formula is C12H18N4O4. The molecule has 0 amide bonds. The summed E-state index contributed by atoms with van der Waals surface area (Å²) in [5.41, 5.74) is 6.86. The Bertz CT molecular complexity index is 532. The molecule has 5 atom stereocenters. The Morgan fingerprint density at radius 2 is 2.15 bits per heavy atom. The third-order valence-electron chi connectivity index (χ3n) is 3.83.